The maximum Gasteiger partial charge on any atom is 0.306 e. The highest BCUT2D eigenvalue weighted by Crippen LogP contribution is 2.18. The predicted molar refractivity (Wildman–Crippen MR) is 199 cm³/mol. The average molecular weight is 641 g/mol. The van der Waals surface area contributed by atoms with Gasteiger partial charge in [-0.15, -0.1) is 0 Å². The summed E-state index contributed by atoms with van der Waals surface area (Å²) in [7, 11) is 0. The van der Waals surface area contributed by atoms with E-state index in [0.29, 0.717) is 12.8 Å². The van der Waals surface area contributed by atoms with Gasteiger partial charge in [0, 0.05) is 12.8 Å². The van der Waals surface area contributed by atoms with Gasteiger partial charge in [-0.05, 0) is 77.0 Å². The lowest BCUT2D eigenvalue weighted by Crippen LogP contribution is -2.18. The van der Waals surface area contributed by atoms with Gasteiger partial charge in [-0.3, -0.25) is 9.59 Å². The molecule has 0 spiro atoms. The van der Waals surface area contributed by atoms with Gasteiger partial charge in [0.25, 0.3) is 0 Å². The number of allylic oxidation sites excluding steroid dienone is 10. The third kappa shape index (κ3) is 36.1. The summed E-state index contributed by atoms with van der Waals surface area (Å²) in [6.07, 6.45) is 50.9. The molecule has 0 saturated carbocycles. The van der Waals surface area contributed by atoms with Crippen LogP contribution in [0.2, 0.25) is 0 Å². The standard InChI is InChI=1S/C42H72O4/c1-3-5-7-9-11-13-15-17-18-19-20-22-24-26-28-30-35-39-42(45)46-40(37-33-31-34-38-41(43)44)36-32-29-27-25-23-21-16-14-12-10-8-6-4-2/h5,7,11,13,17-18,20,22,26,28,40H,3-4,6,8-10,12,14-16,19,21,23-25,27,29-39H2,1-2H3,(H,43,44)/b7-5-,13-11-,18-17-,22-20-,28-26-. The summed E-state index contributed by atoms with van der Waals surface area (Å²) < 4.78 is 5.91. The normalized spacial score (nSPS) is 12.9. The van der Waals surface area contributed by atoms with E-state index in [1.807, 2.05) is 0 Å². The number of rotatable bonds is 34. The highest BCUT2D eigenvalue weighted by atomic mass is 16.5. The third-order valence-corrected chi connectivity index (χ3v) is 8.25. The fourth-order valence-electron chi connectivity index (χ4n) is 5.45. The Hall–Kier alpha value is -2.36. The van der Waals surface area contributed by atoms with E-state index in [4.69, 9.17) is 9.84 Å². The highest BCUT2D eigenvalue weighted by Gasteiger charge is 2.14. The van der Waals surface area contributed by atoms with E-state index >= 15 is 0 Å². The molecule has 0 rings (SSSR count). The summed E-state index contributed by atoms with van der Waals surface area (Å²) >= 11 is 0. The lowest BCUT2D eigenvalue weighted by Gasteiger charge is -2.18. The SMILES string of the molecule is CC/C=C\C/C=C\C/C=C\C/C=C\C/C=C\CCCC(=O)OC(CCCCCCCCCCCCCCC)CCCCCC(=O)O. The largest absolute Gasteiger partial charge is 0.481 e. The lowest BCUT2D eigenvalue weighted by atomic mass is 10.0. The number of carbonyl (C=O) groups excluding carboxylic acids is 1. The minimum Gasteiger partial charge on any atom is -0.481 e. The number of carboxylic acid groups (broad SMARTS) is 1. The number of hydrogen-bond acceptors (Lipinski definition) is 3. The Morgan fingerprint density at radius 2 is 0.913 bits per heavy atom. The van der Waals surface area contributed by atoms with Crippen molar-refractivity contribution in [1.82, 2.24) is 0 Å². The molecular weight excluding hydrogens is 568 g/mol. The van der Waals surface area contributed by atoms with Gasteiger partial charge in [-0.25, -0.2) is 0 Å². The Bertz CT molecular complexity index is 820. The number of unbranched alkanes of at least 4 members (excludes halogenated alkanes) is 15. The number of ether oxygens (including phenoxy) is 1. The summed E-state index contributed by atoms with van der Waals surface area (Å²) in [5, 5.41) is 8.89. The second-order valence-corrected chi connectivity index (χ2v) is 12.7. The van der Waals surface area contributed by atoms with Crippen LogP contribution in [0.3, 0.4) is 0 Å². The molecule has 0 aromatic heterocycles. The number of hydrogen-bond donors (Lipinski definition) is 1. The number of carbonyl (C=O) groups is 2. The van der Waals surface area contributed by atoms with Gasteiger partial charge in [-0.2, -0.15) is 0 Å². The first-order valence-electron chi connectivity index (χ1n) is 19.3. The maximum absolute atomic E-state index is 12.6. The van der Waals surface area contributed by atoms with Crippen LogP contribution >= 0.6 is 0 Å². The summed E-state index contributed by atoms with van der Waals surface area (Å²) in [6, 6.07) is 0. The Kier molecular flexibility index (Phi) is 35.2. The summed E-state index contributed by atoms with van der Waals surface area (Å²) in [5.74, 6) is -0.819. The molecule has 0 heterocycles. The molecule has 0 fully saturated rings. The first kappa shape index (κ1) is 43.6. The molecule has 0 aliphatic carbocycles. The number of esters is 1. The fourth-order valence-corrected chi connectivity index (χ4v) is 5.45. The first-order chi connectivity index (χ1) is 22.6. The van der Waals surface area contributed by atoms with Gasteiger partial charge in [0.1, 0.15) is 6.10 Å². The lowest BCUT2D eigenvalue weighted by molar-refractivity contribution is -0.150. The third-order valence-electron chi connectivity index (χ3n) is 8.25. The van der Waals surface area contributed by atoms with Gasteiger partial charge in [0.05, 0.1) is 0 Å². The van der Waals surface area contributed by atoms with Gasteiger partial charge in [0.15, 0.2) is 0 Å². The molecule has 0 aromatic carbocycles. The maximum atomic E-state index is 12.6. The van der Waals surface area contributed by atoms with Gasteiger partial charge >= 0.3 is 11.9 Å². The monoisotopic (exact) mass is 641 g/mol. The minimum absolute atomic E-state index is 0.0289. The Morgan fingerprint density at radius 1 is 0.500 bits per heavy atom. The number of carboxylic acids is 1. The van der Waals surface area contributed by atoms with Crippen LogP contribution in [0.4, 0.5) is 0 Å². The molecule has 264 valence electrons. The molecule has 1 unspecified atom stereocenters. The molecule has 46 heavy (non-hydrogen) atoms. The molecule has 1 N–H and O–H groups in total. The smallest absolute Gasteiger partial charge is 0.306 e. The van der Waals surface area contributed by atoms with Crippen molar-refractivity contribution in [3.63, 3.8) is 0 Å². The average Bonchev–Trinajstić information content (AvgIpc) is 3.04. The molecule has 0 aliphatic heterocycles. The van der Waals surface area contributed by atoms with Crippen molar-refractivity contribution in [2.75, 3.05) is 0 Å². The Balaban J connectivity index is 4.09. The topological polar surface area (TPSA) is 63.6 Å². The van der Waals surface area contributed by atoms with Crippen LogP contribution < -0.4 is 0 Å². The first-order valence-corrected chi connectivity index (χ1v) is 19.3. The quantitative estimate of drug-likeness (QED) is 0.0432. The molecule has 0 bridgehead atoms. The molecule has 0 saturated heterocycles. The van der Waals surface area contributed by atoms with Crippen LogP contribution in [0.1, 0.15) is 187 Å². The van der Waals surface area contributed by atoms with Crippen molar-refractivity contribution in [1.29, 1.82) is 0 Å². The highest BCUT2D eigenvalue weighted by molar-refractivity contribution is 5.69. The molecule has 4 nitrogen and oxygen atoms in total. The van der Waals surface area contributed by atoms with E-state index in [0.717, 1.165) is 77.0 Å². The minimum atomic E-state index is -0.734. The predicted octanol–water partition coefficient (Wildman–Crippen LogP) is 13.3. The van der Waals surface area contributed by atoms with Crippen LogP contribution in [0.15, 0.2) is 60.8 Å². The molecular formula is C42H72O4. The second-order valence-electron chi connectivity index (χ2n) is 12.7. The summed E-state index contributed by atoms with van der Waals surface area (Å²) in [6.45, 7) is 4.43. The van der Waals surface area contributed by atoms with Crippen molar-refractivity contribution in [2.24, 2.45) is 0 Å². The molecule has 0 aromatic rings. The van der Waals surface area contributed by atoms with E-state index in [-0.39, 0.29) is 18.5 Å². The molecule has 1 atom stereocenters. The van der Waals surface area contributed by atoms with E-state index in [9.17, 15) is 9.59 Å². The molecule has 0 aliphatic rings. The van der Waals surface area contributed by atoms with Gasteiger partial charge < -0.3 is 9.84 Å². The van der Waals surface area contributed by atoms with Crippen LogP contribution in [-0.2, 0) is 14.3 Å². The van der Waals surface area contributed by atoms with Crippen LogP contribution in [0, 0.1) is 0 Å². The van der Waals surface area contributed by atoms with Crippen LogP contribution in [0.5, 0.6) is 0 Å². The zero-order chi connectivity index (χ0) is 33.6. The van der Waals surface area contributed by atoms with E-state index < -0.39 is 5.97 Å². The number of aliphatic carboxylic acids is 1. The zero-order valence-corrected chi connectivity index (χ0v) is 30.1. The van der Waals surface area contributed by atoms with Crippen LogP contribution in [-0.4, -0.2) is 23.1 Å². The van der Waals surface area contributed by atoms with Crippen molar-refractivity contribution < 1.29 is 19.4 Å². The van der Waals surface area contributed by atoms with Gasteiger partial charge in [-0.1, -0.05) is 158 Å². The van der Waals surface area contributed by atoms with Crippen molar-refractivity contribution >= 4 is 11.9 Å². The Morgan fingerprint density at radius 3 is 1.37 bits per heavy atom. The van der Waals surface area contributed by atoms with Crippen molar-refractivity contribution in [3.05, 3.63) is 60.8 Å². The zero-order valence-electron chi connectivity index (χ0n) is 30.1. The van der Waals surface area contributed by atoms with Gasteiger partial charge in [0.2, 0.25) is 0 Å². The van der Waals surface area contributed by atoms with Crippen LogP contribution in [0.25, 0.3) is 0 Å². The molecule has 4 heteroatoms. The van der Waals surface area contributed by atoms with E-state index in [1.54, 1.807) is 0 Å². The van der Waals surface area contributed by atoms with Crippen molar-refractivity contribution in [3.8, 4) is 0 Å². The van der Waals surface area contributed by atoms with E-state index in [1.165, 1.54) is 77.0 Å². The molecule has 0 amide bonds. The van der Waals surface area contributed by atoms with Crippen molar-refractivity contribution in [2.45, 2.75) is 193 Å². The van der Waals surface area contributed by atoms with E-state index in [2.05, 4.69) is 74.6 Å². The summed E-state index contributed by atoms with van der Waals surface area (Å²) in [5.41, 5.74) is 0. The molecule has 0 radical (unpaired) electrons. The second kappa shape index (κ2) is 37.1. The summed E-state index contributed by atoms with van der Waals surface area (Å²) in [4.78, 5) is 23.4. The Labute approximate surface area is 284 Å². The fraction of sp³-hybridized carbons (Fsp3) is 0.714.